The molecule has 0 bridgehead atoms. The molecule has 0 radical (unpaired) electrons. The van der Waals surface area contributed by atoms with Crippen molar-refractivity contribution in [2.45, 2.75) is 13.1 Å². The molecule has 0 aliphatic carbocycles. The predicted octanol–water partition coefficient (Wildman–Crippen LogP) is 1.78. The Bertz CT molecular complexity index is 530. The molecule has 18 heavy (non-hydrogen) atoms. The molecule has 0 atom stereocenters. The van der Waals surface area contributed by atoms with Crippen LogP contribution in [0, 0.1) is 6.92 Å². The van der Waals surface area contributed by atoms with Crippen LogP contribution < -0.4 is 21.9 Å². The van der Waals surface area contributed by atoms with Crippen LogP contribution >= 0.6 is 0 Å². The summed E-state index contributed by atoms with van der Waals surface area (Å²) in [6.45, 7) is 2.10. The smallest absolute Gasteiger partial charge is 0.112 e. The molecule has 1 heterocycles. The molecule has 4 nitrogen and oxygen atoms in total. The van der Waals surface area contributed by atoms with E-state index >= 15 is 0 Å². The summed E-state index contributed by atoms with van der Waals surface area (Å²) >= 11 is 0. The van der Waals surface area contributed by atoms with Crippen LogP contribution in [0.3, 0.4) is 0 Å². The van der Waals surface area contributed by atoms with Crippen LogP contribution in [0.25, 0.3) is 11.1 Å². The fourth-order valence-electron chi connectivity index (χ4n) is 2.15. The minimum Gasteiger partial charge on any atom is -0.220 e. The van der Waals surface area contributed by atoms with Crippen LogP contribution in [0.4, 0.5) is 0 Å². The van der Waals surface area contributed by atoms with E-state index in [1.807, 2.05) is 0 Å². The van der Waals surface area contributed by atoms with Gasteiger partial charge in [0.25, 0.3) is 0 Å². The molecule has 0 aromatic heterocycles. The normalized spacial score (nSPS) is 16.1. The fraction of sp³-hybridized carbons (Fsp3) is 0.143. The van der Waals surface area contributed by atoms with Crippen molar-refractivity contribution in [2.24, 2.45) is 0 Å². The average Bonchev–Trinajstić information content (AvgIpc) is 2.93. The summed E-state index contributed by atoms with van der Waals surface area (Å²) in [5.74, 6) is 0. The zero-order valence-corrected chi connectivity index (χ0v) is 10.2. The molecule has 1 fully saturated rings. The highest BCUT2D eigenvalue weighted by Crippen LogP contribution is 2.27. The SMILES string of the molecule is Cc1ccc(-c2ccccc2C2NNNN2)cc1. The molecule has 4 heteroatoms. The lowest BCUT2D eigenvalue weighted by Crippen LogP contribution is -2.33. The Morgan fingerprint density at radius 1 is 0.833 bits per heavy atom. The average molecular weight is 240 g/mol. The third-order valence-electron chi connectivity index (χ3n) is 3.13. The number of hydrogen-bond acceptors (Lipinski definition) is 4. The van der Waals surface area contributed by atoms with Crippen molar-refractivity contribution >= 4 is 0 Å². The van der Waals surface area contributed by atoms with Gasteiger partial charge in [-0.05, 0) is 23.6 Å². The lowest BCUT2D eigenvalue weighted by atomic mass is 9.97. The molecule has 4 N–H and O–H groups in total. The van der Waals surface area contributed by atoms with E-state index in [1.54, 1.807) is 0 Å². The molecule has 0 saturated carbocycles. The van der Waals surface area contributed by atoms with Crippen LogP contribution in [0.5, 0.6) is 0 Å². The first-order chi connectivity index (χ1) is 8.84. The molecular formula is C14H16N4. The van der Waals surface area contributed by atoms with Gasteiger partial charge in [-0.25, -0.2) is 10.9 Å². The largest absolute Gasteiger partial charge is 0.220 e. The summed E-state index contributed by atoms with van der Waals surface area (Å²) in [5.41, 5.74) is 16.9. The maximum atomic E-state index is 3.12. The summed E-state index contributed by atoms with van der Waals surface area (Å²) < 4.78 is 0. The van der Waals surface area contributed by atoms with E-state index in [0.717, 1.165) is 0 Å². The van der Waals surface area contributed by atoms with E-state index < -0.39 is 0 Å². The summed E-state index contributed by atoms with van der Waals surface area (Å²) in [7, 11) is 0. The second-order valence-corrected chi connectivity index (χ2v) is 4.42. The number of hydrazine groups is 3. The molecule has 0 amide bonds. The summed E-state index contributed by atoms with van der Waals surface area (Å²) in [6, 6.07) is 17.0. The van der Waals surface area contributed by atoms with Gasteiger partial charge in [0.15, 0.2) is 0 Å². The summed E-state index contributed by atoms with van der Waals surface area (Å²) in [6.07, 6.45) is 0.0579. The van der Waals surface area contributed by atoms with Crippen molar-refractivity contribution in [1.82, 2.24) is 21.9 Å². The third-order valence-corrected chi connectivity index (χ3v) is 3.13. The van der Waals surface area contributed by atoms with E-state index in [4.69, 9.17) is 0 Å². The zero-order chi connectivity index (χ0) is 12.4. The highest BCUT2D eigenvalue weighted by molar-refractivity contribution is 5.68. The number of aryl methyl sites for hydroxylation is 1. The van der Waals surface area contributed by atoms with Crippen molar-refractivity contribution in [3.63, 3.8) is 0 Å². The number of rotatable bonds is 2. The highest BCUT2D eigenvalue weighted by Gasteiger charge is 2.18. The van der Waals surface area contributed by atoms with Gasteiger partial charge in [0, 0.05) is 0 Å². The van der Waals surface area contributed by atoms with Gasteiger partial charge in [-0.2, -0.15) is 11.1 Å². The Morgan fingerprint density at radius 3 is 2.22 bits per heavy atom. The topological polar surface area (TPSA) is 48.1 Å². The van der Waals surface area contributed by atoms with Gasteiger partial charge in [-0.1, -0.05) is 54.1 Å². The van der Waals surface area contributed by atoms with Crippen molar-refractivity contribution in [3.05, 3.63) is 59.7 Å². The maximum Gasteiger partial charge on any atom is 0.112 e. The lowest BCUT2D eigenvalue weighted by molar-refractivity contribution is 0.556. The predicted molar refractivity (Wildman–Crippen MR) is 71.9 cm³/mol. The molecule has 1 aliphatic rings. The first-order valence-corrected chi connectivity index (χ1v) is 6.01. The van der Waals surface area contributed by atoms with E-state index in [9.17, 15) is 0 Å². The molecule has 1 aliphatic heterocycles. The van der Waals surface area contributed by atoms with Gasteiger partial charge in [-0.3, -0.25) is 0 Å². The lowest BCUT2D eigenvalue weighted by Gasteiger charge is -2.15. The monoisotopic (exact) mass is 240 g/mol. The summed E-state index contributed by atoms with van der Waals surface area (Å²) in [5, 5.41) is 0. The Labute approximate surface area is 106 Å². The zero-order valence-electron chi connectivity index (χ0n) is 10.2. The number of benzene rings is 2. The van der Waals surface area contributed by atoms with Crippen LogP contribution in [0.15, 0.2) is 48.5 Å². The van der Waals surface area contributed by atoms with Gasteiger partial charge < -0.3 is 0 Å². The van der Waals surface area contributed by atoms with Gasteiger partial charge in [0.1, 0.15) is 6.17 Å². The van der Waals surface area contributed by atoms with Crippen molar-refractivity contribution < 1.29 is 0 Å². The molecule has 2 aromatic rings. The fourth-order valence-corrected chi connectivity index (χ4v) is 2.15. The third kappa shape index (κ3) is 2.14. The molecule has 0 unspecified atom stereocenters. The van der Waals surface area contributed by atoms with Gasteiger partial charge in [-0.15, -0.1) is 0 Å². The quantitative estimate of drug-likeness (QED) is 0.646. The number of nitrogens with one attached hydrogen (secondary N) is 4. The van der Waals surface area contributed by atoms with Crippen molar-refractivity contribution in [2.75, 3.05) is 0 Å². The van der Waals surface area contributed by atoms with Crippen molar-refractivity contribution in [3.8, 4) is 11.1 Å². The van der Waals surface area contributed by atoms with E-state index in [-0.39, 0.29) is 6.17 Å². The molecule has 2 aromatic carbocycles. The molecular weight excluding hydrogens is 224 g/mol. The van der Waals surface area contributed by atoms with Crippen LogP contribution in [-0.4, -0.2) is 0 Å². The first-order valence-electron chi connectivity index (χ1n) is 6.01. The van der Waals surface area contributed by atoms with Crippen LogP contribution in [-0.2, 0) is 0 Å². The second-order valence-electron chi connectivity index (χ2n) is 4.42. The molecule has 3 rings (SSSR count). The van der Waals surface area contributed by atoms with Gasteiger partial charge in [0.2, 0.25) is 0 Å². The Kier molecular flexibility index (Phi) is 3.08. The minimum absolute atomic E-state index is 0.0579. The van der Waals surface area contributed by atoms with E-state index in [2.05, 4.69) is 77.4 Å². The van der Waals surface area contributed by atoms with Gasteiger partial charge >= 0.3 is 0 Å². The Hall–Kier alpha value is -1.72. The highest BCUT2D eigenvalue weighted by atomic mass is 15.8. The summed E-state index contributed by atoms with van der Waals surface area (Å²) in [4.78, 5) is 0. The van der Waals surface area contributed by atoms with Crippen molar-refractivity contribution in [1.29, 1.82) is 0 Å². The second kappa shape index (κ2) is 4.88. The Morgan fingerprint density at radius 2 is 1.50 bits per heavy atom. The molecule has 0 spiro atoms. The molecule has 1 saturated heterocycles. The first kappa shape index (κ1) is 11.4. The van der Waals surface area contributed by atoms with E-state index in [1.165, 1.54) is 22.3 Å². The van der Waals surface area contributed by atoms with Crippen LogP contribution in [0.2, 0.25) is 0 Å². The van der Waals surface area contributed by atoms with E-state index in [0.29, 0.717) is 0 Å². The standard InChI is InChI=1S/C14H16N4/c1-10-6-8-11(9-7-10)12-4-2-3-5-13(12)14-15-17-18-16-14/h2-9,14-18H,1H3. The maximum absolute atomic E-state index is 3.12. The minimum atomic E-state index is 0.0579. The number of hydrogen-bond donors (Lipinski definition) is 4. The van der Waals surface area contributed by atoms with Crippen LogP contribution in [0.1, 0.15) is 17.3 Å². The molecule has 92 valence electrons. The Balaban J connectivity index is 2.03. The van der Waals surface area contributed by atoms with Gasteiger partial charge in [0.05, 0.1) is 0 Å².